The molecule has 0 rings (SSSR count). The average Bonchev–Trinajstić information content (AvgIpc) is 2.73. The minimum atomic E-state index is -2.53. The third-order valence-electron chi connectivity index (χ3n) is 3.16. The summed E-state index contributed by atoms with van der Waals surface area (Å²) in [4.78, 5) is 31.0. The van der Waals surface area contributed by atoms with E-state index in [1.807, 2.05) is 0 Å². The van der Waals surface area contributed by atoms with Gasteiger partial charge in [-0.3, -0.25) is 0 Å². The lowest BCUT2D eigenvalue weighted by Gasteiger charge is -2.24. The van der Waals surface area contributed by atoms with Crippen LogP contribution in [0.3, 0.4) is 0 Å². The molecule has 0 saturated carbocycles. The Kier molecular flexibility index (Phi) is 21.1. The Hall–Kier alpha value is -2.31. The van der Waals surface area contributed by atoms with Gasteiger partial charge in [-0.25, -0.2) is 9.59 Å². The summed E-state index contributed by atoms with van der Waals surface area (Å²) in [5, 5.41) is 17.7. The minimum Gasteiger partial charge on any atom is -0.545 e. The Bertz CT molecular complexity index is 577. The second-order valence-electron chi connectivity index (χ2n) is 6.02. The smallest absolute Gasteiger partial charge is 0.500 e. The lowest BCUT2D eigenvalue weighted by atomic mass is 10.4. The van der Waals surface area contributed by atoms with Crippen LogP contribution in [0.1, 0.15) is 27.2 Å². The number of aliphatic hydroxyl groups is 1. The average molecular weight is 464 g/mol. The largest absolute Gasteiger partial charge is 0.545 e. The van der Waals surface area contributed by atoms with Crippen molar-refractivity contribution < 1.29 is 47.3 Å². The monoisotopic (exact) mass is 463 g/mol. The van der Waals surface area contributed by atoms with Crippen molar-refractivity contribution in [2.75, 3.05) is 41.2 Å². The van der Waals surface area contributed by atoms with Crippen molar-refractivity contribution in [3.05, 3.63) is 36.5 Å². The van der Waals surface area contributed by atoms with Gasteiger partial charge in [-0.05, 0) is 32.8 Å². The zero-order valence-electron chi connectivity index (χ0n) is 19.3. The summed E-state index contributed by atoms with van der Waals surface area (Å²) in [5.41, 5.74) is 0.812. The molecule has 0 aromatic carbocycles. The van der Waals surface area contributed by atoms with Crippen LogP contribution in [0.25, 0.3) is 0 Å². The summed E-state index contributed by atoms with van der Waals surface area (Å²) >= 11 is 0. The molecule has 11 heteroatoms. The third-order valence-corrected chi connectivity index (χ3v) is 6.00. The van der Waals surface area contributed by atoms with Crippen LogP contribution in [0, 0.1) is 0 Å². The molecule has 0 amide bonds. The van der Waals surface area contributed by atoms with Gasteiger partial charge in [0.2, 0.25) is 0 Å². The number of carbonyl (C=O) groups is 3. The van der Waals surface area contributed by atoms with E-state index in [0.29, 0.717) is 30.2 Å². The Morgan fingerprint density at radius 3 is 1.42 bits per heavy atom. The van der Waals surface area contributed by atoms with E-state index in [2.05, 4.69) is 24.5 Å². The quantitative estimate of drug-likeness (QED) is 0.191. The van der Waals surface area contributed by atoms with Gasteiger partial charge in [0, 0.05) is 38.5 Å². The van der Waals surface area contributed by atoms with E-state index in [0.717, 1.165) is 0 Å². The number of aliphatic carboxylic acids is 1. The molecule has 0 saturated heterocycles. The fourth-order valence-corrected chi connectivity index (χ4v) is 3.08. The van der Waals surface area contributed by atoms with E-state index in [1.54, 1.807) is 35.2 Å². The first-order valence-electron chi connectivity index (χ1n) is 9.12. The molecule has 0 aliphatic heterocycles. The molecule has 0 radical (unpaired) electrons. The van der Waals surface area contributed by atoms with E-state index in [-0.39, 0.29) is 24.8 Å². The number of carboxylic acids is 1. The van der Waals surface area contributed by atoms with Crippen LogP contribution in [0.15, 0.2) is 36.5 Å². The predicted molar refractivity (Wildman–Crippen MR) is 115 cm³/mol. The second kappa shape index (κ2) is 19.6. The molecule has 0 atom stereocenters. The van der Waals surface area contributed by atoms with Crippen LogP contribution in [-0.4, -0.2) is 73.0 Å². The lowest BCUT2D eigenvalue weighted by Crippen LogP contribution is -2.42. The first-order chi connectivity index (χ1) is 14.3. The Morgan fingerprint density at radius 2 is 1.16 bits per heavy atom. The van der Waals surface area contributed by atoms with E-state index < -0.39 is 20.7 Å². The molecule has 0 aromatic heterocycles. The molecule has 0 unspecified atom stereocenters. The van der Waals surface area contributed by atoms with Crippen LogP contribution in [0.4, 0.5) is 0 Å². The number of ether oxygens (including phenoxy) is 2. The molecule has 0 spiro atoms. The maximum absolute atomic E-state index is 11.1. The molecule has 31 heavy (non-hydrogen) atoms. The van der Waals surface area contributed by atoms with Crippen molar-refractivity contribution in [1.82, 2.24) is 0 Å². The van der Waals surface area contributed by atoms with Gasteiger partial charge in [0.05, 0.1) is 19.2 Å². The van der Waals surface area contributed by atoms with Crippen LogP contribution >= 0.6 is 0 Å². The maximum Gasteiger partial charge on any atom is 0.500 e. The highest BCUT2D eigenvalue weighted by molar-refractivity contribution is 6.60. The van der Waals surface area contributed by atoms with Crippen molar-refractivity contribution in [3.63, 3.8) is 0 Å². The Labute approximate surface area is 185 Å². The SMILES string of the molecule is C=C(C)C(=O)OCCC[Si](OC)(OC)OC.C=C(C)C(=O)OCCO.C=C(C)C(=O)[O-]. The number of rotatable bonds is 12. The molecular formula is C20H35O10Si-. The van der Waals surface area contributed by atoms with Gasteiger partial charge in [-0.1, -0.05) is 19.7 Å². The lowest BCUT2D eigenvalue weighted by molar-refractivity contribution is -0.299. The first kappa shape index (κ1) is 33.3. The highest BCUT2D eigenvalue weighted by atomic mass is 28.4. The fraction of sp³-hybridized carbons (Fsp3) is 0.550. The maximum atomic E-state index is 11.1. The van der Waals surface area contributed by atoms with Crippen molar-refractivity contribution in [2.24, 2.45) is 0 Å². The number of aliphatic hydroxyl groups excluding tert-OH is 1. The van der Waals surface area contributed by atoms with Crippen LogP contribution in [-0.2, 0) is 37.1 Å². The molecule has 180 valence electrons. The molecule has 0 aliphatic rings. The molecular weight excluding hydrogens is 428 g/mol. The number of hydrogen-bond acceptors (Lipinski definition) is 10. The summed E-state index contributed by atoms with van der Waals surface area (Å²) in [5.74, 6) is -2.02. The van der Waals surface area contributed by atoms with Crippen LogP contribution in [0.5, 0.6) is 0 Å². The topological polar surface area (TPSA) is 141 Å². The van der Waals surface area contributed by atoms with E-state index >= 15 is 0 Å². The molecule has 10 nitrogen and oxygen atoms in total. The summed E-state index contributed by atoms with van der Waals surface area (Å²) in [6, 6.07) is 0.611. The van der Waals surface area contributed by atoms with Gasteiger partial charge in [0.15, 0.2) is 0 Å². The first-order valence-corrected chi connectivity index (χ1v) is 11.1. The number of carboxylic acid groups (broad SMARTS) is 1. The van der Waals surface area contributed by atoms with Crippen LogP contribution in [0.2, 0.25) is 6.04 Å². The molecule has 0 aliphatic carbocycles. The highest BCUT2D eigenvalue weighted by Gasteiger charge is 2.36. The van der Waals surface area contributed by atoms with Gasteiger partial charge < -0.3 is 37.8 Å². The van der Waals surface area contributed by atoms with Crippen LogP contribution < -0.4 is 5.11 Å². The zero-order valence-corrected chi connectivity index (χ0v) is 20.3. The summed E-state index contributed by atoms with van der Waals surface area (Å²) in [7, 11) is 2.13. The molecule has 0 fully saturated rings. The van der Waals surface area contributed by atoms with Crippen molar-refractivity contribution >= 4 is 26.7 Å². The summed E-state index contributed by atoms with van der Waals surface area (Å²) < 4.78 is 25.1. The normalized spacial score (nSPS) is 9.77. The van der Waals surface area contributed by atoms with Gasteiger partial charge >= 0.3 is 20.7 Å². The Morgan fingerprint density at radius 1 is 0.806 bits per heavy atom. The summed E-state index contributed by atoms with van der Waals surface area (Å²) in [6.07, 6.45) is 0.640. The third kappa shape index (κ3) is 19.4. The van der Waals surface area contributed by atoms with Crippen molar-refractivity contribution in [3.8, 4) is 0 Å². The second-order valence-corrected chi connectivity index (χ2v) is 9.11. The standard InChI is InChI=1S/C10H20O5Si.C6H10O3.C4H6O2/c1-9(2)10(11)15-7-6-8-16(12-3,13-4)14-5;1-5(2)6(8)9-4-3-7;1-3(2)4(5)6/h1,6-8H2,2-5H3;7H,1,3-4H2,2H3;1H2,2H3,(H,5,6)/p-1. The fourth-order valence-electron chi connectivity index (χ4n) is 1.39. The van der Waals surface area contributed by atoms with Crippen molar-refractivity contribution in [2.45, 2.75) is 33.2 Å². The number of hydrogen-bond donors (Lipinski definition) is 1. The van der Waals surface area contributed by atoms with Crippen molar-refractivity contribution in [1.29, 1.82) is 0 Å². The zero-order chi connectivity index (χ0) is 25.0. The molecule has 0 aromatic rings. The predicted octanol–water partition coefficient (Wildman–Crippen LogP) is 0.784. The number of carbonyl (C=O) groups excluding carboxylic acids is 3. The number of esters is 2. The van der Waals surface area contributed by atoms with E-state index in [1.165, 1.54) is 6.92 Å². The van der Waals surface area contributed by atoms with E-state index in [9.17, 15) is 19.5 Å². The van der Waals surface area contributed by atoms with Gasteiger partial charge in [0.1, 0.15) is 6.61 Å². The summed E-state index contributed by atoms with van der Waals surface area (Å²) in [6.45, 7) is 14.7. The molecule has 1 N–H and O–H groups in total. The molecule has 0 heterocycles. The minimum absolute atomic E-state index is 0.0473. The van der Waals surface area contributed by atoms with Gasteiger partial charge in [-0.15, -0.1) is 0 Å². The van der Waals surface area contributed by atoms with Gasteiger partial charge in [0.25, 0.3) is 0 Å². The van der Waals surface area contributed by atoms with Gasteiger partial charge in [-0.2, -0.15) is 0 Å². The molecule has 0 bridgehead atoms. The Balaban J connectivity index is -0.000000438. The van der Waals surface area contributed by atoms with E-state index in [4.69, 9.17) is 23.1 Å². The highest BCUT2D eigenvalue weighted by Crippen LogP contribution is 2.14.